The van der Waals surface area contributed by atoms with Gasteiger partial charge < -0.3 is 9.73 Å². The van der Waals surface area contributed by atoms with E-state index < -0.39 is 0 Å². The molecule has 24 heavy (non-hydrogen) atoms. The van der Waals surface area contributed by atoms with Gasteiger partial charge in [-0.05, 0) is 42.5 Å². The van der Waals surface area contributed by atoms with Gasteiger partial charge in [-0.3, -0.25) is 4.79 Å². The molecule has 4 rings (SSSR count). The second-order valence-corrected chi connectivity index (χ2v) is 6.23. The van der Waals surface area contributed by atoms with Crippen molar-refractivity contribution in [1.29, 1.82) is 0 Å². The van der Waals surface area contributed by atoms with Gasteiger partial charge >= 0.3 is 0 Å². The molecule has 5 heteroatoms. The van der Waals surface area contributed by atoms with Crippen LogP contribution in [0.3, 0.4) is 0 Å². The molecule has 1 amide bonds. The summed E-state index contributed by atoms with van der Waals surface area (Å²) in [6.07, 6.45) is 0. The normalized spacial score (nSPS) is 11.1. The van der Waals surface area contributed by atoms with E-state index in [1.165, 1.54) is 0 Å². The third kappa shape index (κ3) is 2.62. The molecule has 0 saturated heterocycles. The van der Waals surface area contributed by atoms with Gasteiger partial charge in [0.2, 0.25) is 0 Å². The molecule has 0 bridgehead atoms. The van der Waals surface area contributed by atoms with Crippen LogP contribution in [0.1, 0.15) is 10.4 Å². The fourth-order valence-electron chi connectivity index (χ4n) is 2.65. The maximum Gasteiger partial charge on any atom is 0.255 e. The Hall–Kier alpha value is -2.49. The van der Waals surface area contributed by atoms with Crippen LogP contribution in [0.15, 0.2) is 65.1 Å². The summed E-state index contributed by atoms with van der Waals surface area (Å²) in [5.74, 6) is -0.244. The number of rotatable bonds is 2. The number of hydrogen-bond acceptors (Lipinski definition) is 2. The summed E-state index contributed by atoms with van der Waals surface area (Å²) in [7, 11) is 0. The van der Waals surface area contributed by atoms with Crippen LogP contribution in [0.4, 0.5) is 5.69 Å². The van der Waals surface area contributed by atoms with E-state index in [0.717, 1.165) is 21.9 Å². The number of fused-ring (bicyclic) bond motifs is 3. The minimum absolute atomic E-state index is 0.244. The Balaban J connectivity index is 1.72. The average Bonchev–Trinajstić information content (AvgIpc) is 2.95. The molecule has 118 valence electrons. The number of halogens is 2. The number of anilines is 1. The Labute approximate surface area is 147 Å². The zero-order valence-corrected chi connectivity index (χ0v) is 13.9. The minimum atomic E-state index is -0.244. The predicted molar refractivity (Wildman–Crippen MR) is 98.1 cm³/mol. The van der Waals surface area contributed by atoms with E-state index >= 15 is 0 Å². The molecular weight excluding hydrogens is 345 g/mol. The van der Waals surface area contributed by atoms with Gasteiger partial charge in [0.15, 0.2) is 0 Å². The number of furan rings is 1. The molecule has 3 aromatic carbocycles. The Morgan fingerprint density at radius 1 is 0.875 bits per heavy atom. The van der Waals surface area contributed by atoms with Gasteiger partial charge in [0.1, 0.15) is 11.2 Å². The Bertz CT molecular complexity index is 1090. The summed E-state index contributed by atoms with van der Waals surface area (Å²) >= 11 is 12.0. The SMILES string of the molecule is O=C(Nc1ccc(Cl)cc1Cl)c1ccc2oc3ccccc3c2c1. The third-order valence-electron chi connectivity index (χ3n) is 3.82. The van der Waals surface area contributed by atoms with Crippen LogP contribution in [0.5, 0.6) is 0 Å². The zero-order valence-electron chi connectivity index (χ0n) is 12.3. The van der Waals surface area contributed by atoms with Crippen molar-refractivity contribution in [1.82, 2.24) is 0 Å². The zero-order chi connectivity index (χ0) is 16.7. The molecule has 0 aliphatic rings. The van der Waals surface area contributed by atoms with Gasteiger partial charge in [-0.25, -0.2) is 0 Å². The summed E-state index contributed by atoms with van der Waals surface area (Å²) in [6.45, 7) is 0. The smallest absolute Gasteiger partial charge is 0.255 e. The molecular formula is C19H11Cl2NO2. The van der Waals surface area contributed by atoms with Crippen molar-refractivity contribution in [3.8, 4) is 0 Å². The van der Waals surface area contributed by atoms with E-state index in [2.05, 4.69) is 5.32 Å². The second-order valence-electron chi connectivity index (χ2n) is 5.39. The Morgan fingerprint density at radius 3 is 2.50 bits per heavy atom. The number of carbonyl (C=O) groups is 1. The fourth-order valence-corrected chi connectivity index (χ4v) is 3.11. The number of amides is 1. The van der Waals surface area contributed by atoms with E-state index in [0.29, 0.717) is 21.3 Å². The maximum absolute atomic E-state index is 12.5. The highest BCUT2D eigenvalue weighted by molar-refractivity contribution is 6.36. The van der Waals surface area contributed by atoms with Crippen molar-refractivity contribution in [3.63, 3.8) is 0 Å². The number of hydrogen-bond donors (Lipinski definition) is 1. The van der Waals surface area contributed by atoms with Crippen molar-refractivity contribution in [2.75, 3.05) is 5.32 Å². The molecule has 0 atom stereocenters. The highest BCUT2D eigenvalue weighted by Gasteiger charge is 2.12. The molecule has 0 aliphatic carbocycles. The van der Waals surface area contributed by atoms with Crippen molar-refractivity contribution >= 4 is 56.7 Å². The summed E-state index contributed by atoms with van der Waals surface area (Å²) in [6, 6.07) is 18.0. The molecule has 0 fully saturated rings. The number of benzene rings is 3. The van der Waals surface area contributed by atoms with Crippen LogP contribution in [0, 0.1) is 0 Å². The largest absolute Gasteiger partial charge is 0.456 e. The lowest BCUT2D eigenvalue weighted by atomic mass is 10.1. The molecule has 0 saturated carbocycles. The molecule has 1 aromatic heterocycles. The van der Waals surface area contributed by atoms with E-state index in [9.17, 15) is 4.79 Å². The van der Waals surface area contributed by atoms with Crippen LogP contribution >= 0.6 is 23.2 Å². The van der Waals surface area contributed by atoms with Crippen LogP contribution in [0.25, 0.3) is 21.9 Å². The summed E-state index contributed by atoms with van der Waals surface area (Å²) in [5, 5.41) is 5.59. The number of carbonyl (C=O) groups excluding carboxylic acids is 1. The average molecular weight is 356 g/mol. The highest BCUT2D eigenvalue weighted by Crippen LogP contribution is 2.30. The van der Waals surface area contributed by atoms with E-state index in [-0.39, 0.29) is 5.91 Å². The lowest BCUT2D eigenvalue weighted by molar-refractivity contribution is 0.102. The van der Waals surface area contributed by atoms with Crippen molar-refractivity contribution in [2.24, 2.45) is 0 Å². The molecule has 3 nitrogen and oxygen atoms in total. The summed E-state index contributed by atoms with van der Waals surface area (Å²) < 4.78 is 5.77. The number of nitrogens with one attached hydrogen (secondary N) is 1. The lowest BCUT2D eigenvalue weighted by Crippen LogP contribution is -2.12. The first-order chi connectivity index (χ1) is 11.6. The summed E-state index contributed by atoms with van der Waals surface area (Å²) in [4.78, 5) is 12.5. The Kier molecular flexibility index (Phi) is 3.68. The molecule has 0 unspecified atom stereocenters. The van der Waals surface area contributed by atoms with Gasteiger partial charge in [-0.1, -0.05) is 41.4 Å². The minimum Gasteiger partial charge on any atom is -0.456 e. The Morgan fingerprint density at radius 2 is 1.67 bits per heavy atom. The van der Waals surface area contributed by atoms with Gasteiger partial charge in [-0.15, -0.1) is 0 Å². The molecule has 1 heterocycles. The first kappa shape index (κ1) is 15.1. The second kappa shape index (κ2) is 5.86. The quantitative estimate of drug-likeness (QED) is 0.468. The first-order valence-electron chi connectivity index (χ1n) is 7.29. The standard InChI is InChI=1S/C19H11Cl2NO2/c20-12-6-7-16(15(21)10-12)22-19(23)11-5-8-18-14(9-11)13-3-1-2-4-17(13)24-18/h1-10H,(H,22,23). The van der Waals surface area contributed by atoms with Gasteiger partial charge in [0.25, 0.3) is 5.91 Å². The van der Waals surface area contributed by atoms with Gasteiger partial charge in [-0.2, -0.15) is 0 Å². The predicted octanol–water partition coefficient (Wildman–Crippen LogP) is 6.15. The summed E-state index contributed by atoms with van der Waals surface area (Å²) in [5.41, 5.74) is 2.59. The van der Waals surface area contributed by atoms with Crippen molar-refractivity contribution in [2.45, 2.75) is 0 Å². The van der Waals surface area contributed by atoms with Crippen LogP contribution in [-0.4, -0.2) is 5.91 Å². The topological polar surface area (TPSA) is 42.2 Å². The van der Waals surface area contributed by atoms with Crippen LogP contribution < -0.4 is 5.32 Å². The fraction of sp³-hybridized carbons (Fsp3) is 0. The van der Waals surface area contributed by atoms with Crippen molar-refractivity contribution in [3.05, 3.63) is 76.3 Å². The first-order valence-corrected chi connectivity index (χ1v) is 8.05. The maximum atomic E-state index is 12.5. The molecule has 0 aliphatic heterocycles. The molecule has 4 aromatic rings. The van der Waals surface area contributed by atoms with E-state index in [1.807, 2.05) is 30.3 Å². The van der Waals surface area contributed by atoms with Crippen molar-refractivity contribution < 1.29 is 9.21 Å². The third-order valence-corrected chi connectivity index (χ3v) is 4.37. The molecule has 1 N–H and O–H groups in total. The van der Waals surface area contributed by atoms with Gasteiger partial charge in [0.05, 0.1) is 10.7 Å². The molecule has 0 radical (unpaired) electrons. The van der Waals surface area contributed by atoms with Crippen LogP contribution in [0.2, 0.25) is 10.0 Å². The van der Waals surface area contributed by atoms with E-state index in [4.69, 9.17) is 27.6 Å². The number of para-hydroxylation sites is 1. The monoisotopic (exact) mass is 355 g/mol. The van der Waals surface area contributed by atoms with Gasteiger partial charge in [0, 0.05) is 21.4 Å². The lowest BCUT2D eigenvalue weighted by Gasteiger charge is -2.07. The van der Waals surface area contributed by atoms with Crippen LogP contribution in [-0.2, 0) is 0 Å². The molecule has 0 spiro atoms. The highest BCUT2D eigenvalue weighted by atomic mass is 35.5. The van der Waals surface area contributed by atoms with E-state index in [1.54, 1.807) is 30.3 Å².